The Morgan fingerprint density at radius 3 is 2.54 bits per heavy atom. The number of benzene rings is 2. The van der Waals surface area contributed by atoms with Crippen molar-refractivity contribution in [2.24, 2.45) is 5.92 Å². The largest absolute Gasteiger partial charge is 0.383 e. The fraction of sp³-hybridized carbons (Fsp3) is 0.233. The topological polar surface area (TPSA) is 132 Å². The van der Waals surface area contributed by atoms with E-state index in [9.17, 15) is 18.8 Å². The molecule has 2 aromatic carbocycles. The number of hydrogen-bond acceptors (Lipinski definition) is 6. The molecule has 11 heteroatoms. The number of imidazole rings is 1. The summed E-state index contributed by atoms with van der Waals surface area (Å²) in [4.78, 5) is 53.0. The SMILES string of the molecule is CN(C(=O)c1cccnc1N)c1ccc(Cc2nc3c([nH]2)c(=O)n(Cc2ccccc2F)c(=O)n3CC2CC2)cc1. The van der Waals surface area contributed by atoms with Crippen LogP contribution in [-0.2, 0) is 19.5 Å². The highest BCUT2D eigenvalue weighted by atomic mass is 19.1. The summed E-state index contributed by atoms with van der Waals surface area (Å²) >= 11 is 0. The lowest BCUT2D eigenvalue weighted by Crippen LogP contribution is -2.40. The molecular formula is C30H28FN7O3. The van der Waals surface area contributed by atoms with Crippen molar-refractivity contribution in [3.05, 3.63) is 116 Å². The molecule has 10 nitrogen and oxygen atoms in total. The Morgan fingerprint density at radius 2 is 1.83 bits per heavy atom. The van der Waals surface area contributed by atoms with Gasteiger partial charge >= 0.3 is 5.69 Å². The minimum atomic E-state index is -0.538. The zero-order valence-electron chi connectivity index (χ0n) is 22.4. The molecule has 1 aliphatic carbocycles. The first-order valence-electron chi connectivity index (χ1n) is 13.3. The van der Waals surface area contributed by atoms with Gasteiger partial charge in [0, 0.05) is 37.5 Å². The number of fused-ring (bicyclic) bond motifs is 1. The van der Waals surface area contributed by atoms with Crippen LogP contribution in [0.25, 0.3) is 11.2 Å². The maximum Gasteiger partial charge on any atom is 0.333 e. The molecule has 1 saturated carbocycles. The minimum Gasteiger partial charge on any atom is -0.383 e. The monoisotopic (exact) mass is 553 g/mol. The average Bonchev–Trinajstić information content (AvgIpc) is 3.71. The first kappa shape index (κ1) is 26.2. The van der Waals surface area contributed by atoms with Gasteiger partial charge in [0.05, 0.1) is 12.1 Å². The van der Waals surface area contributed by atoms with Gasteiger partial charge in [0.25, 0.3) is 11.5 Å². The second-order valence-corrected chi connectivity index (χ2v) is 10.3. The maximum absolute atomic E-state index is 14.4. The summed E-state index contributed by atoms with van der Waals surface area (Å²) < 4.78 is 17.0. The number of nitrogens with zero attached hydrogens (tertiary/aromatic N) is 5. The normalized spacial score (nSPS) is 13.0. The number of carbonyl (C=O) groups excluding carboxylic acids is 1. The fourth-order valence-electron chi connectivity index (χ4n) is 4.88. The smallest absolute Gasteiger partial charge is 0.333 e. The Bertz CT molecular complexity index is 1890. The summed E-state index contributed by atoms with van der Waals surface area (Å²) in [5.74, 6) is 0.285. The Hall–Kier alpha value is -5.06. The van der Waals surface area contributed by atoms with Crippen molar-refractivity contribution in [2.45, 2.75) is 32.4 Å². The number of aromatic amines is 1. The summed E-state index contributed by atoms with van der Waals surface area (Å²) in [6.07, 6.45) is 3.91. The van der Waals surface area contributed by atoms with Crippen LogP contribution < -0.4 is 21.9 Å². The lowest BCUT2D eigenvalue weighted by Gasteiger charge is -2.18. The van der Waals surface area contributed by atoms with E-state index in [0.29, 0.717) is 41.6 Å². The van der Waals surface area contributed by atoms with Crippen molar-refractivity contribution in [3.8, 4) is 0 Å². The van der Waals surface area contributed by atoms with E-state index in [-0.39, 0.29) is 29.3 Å². The molecule has 41 heavy (non-hydrogen) atoms. The molecule has 1 aliphatic rings. The number of nitrogens with one attached hydrogen (secondary N) is 1. The first-order valence-corrected chi connectivity index (χ1v) is 13.3. The van der Waals surface area contributed by atoms with Crippen LogP contribution >= 0.6 is 0 Å². The fourth-order valence-corrected chi connectivity index (χ4v) is 4.88. The third kappa shape index (κ3) is 5.13. The Labute approximate surface area is 233 Å². The van der Waals surface area contributed by atoms with Gasteiger partial charge in [-0.3, -0.25) is 18.7 Å². The van der Waals surface area contributed by atoms with Crippen LogP contribution in [0.2, 0.25) is 0 Å². The van der Waals surface area contributed by atoms with E-state index < -0.39 is 17.1 Å². The van der Waals surface area contributed by atoms with Crippen molar-refractivity contribution >= 4 is 28.6 Å². The van der Waals surface area contributed by atoms with E-state index in [2.05, 4.69) is 15.0 Å². The summed E-state index contributed by atoms with van der Waals surface area (Å²) in [5, 5.41) is 0. The summed E-state index contributed by atoms with van der Waals surface area (Å²) in [6.45, 7) is 0.283. The number of amides is 1. The number of carbonyl (C=O) groups is 1. The van der Waals surface area contributed by atoms with E-state index >= 15 is 0 Å². The molecule has 0 aliphatic heterocycles. The van der Waals surface area contributed by atoms with Gasteiger partial charge in [0.2, 0.25) is 0 Å². The Kier molecular flexibility index (Phi) is 6.70. The van der Waals surface area contributed by atoms with Crippen LogP contribution in [0.3, 0.4) is 0 Å². The van der Waals surface area contributed by atoms with Gasteiger partial charge in [-0.1, -0.05) is 30.3 Å². The van der Waals surface area contributed by atoms with Crippen LogP contribution in [0.4, 0.5) is 15.9 Å². The van der Waals surface area contributed by atoms with Crippen molar-refractivity contribution in [1.29, 1.82) is 0 Å². The van der Waals surface area contributed by atoms with Crippen molar-refractivity contribution in [3.63, 3.8) is 0 Å². The predicted octanol–water partition coefficient (Wildman–Crippen LogP) is 3.33. The van der Waals surface area contributed by atoms with Crippen LogP contribution in [0.5, 0.6) is 0 Å². The van der Waals surface area contributed by atoms with Gasteiger partial charge in [0.1, 0.15) is 23.0 Å². The average molecular weight is 554 g/mol. The summed E-state index contributed by atoms with van der Waals surface area (Å²) in [7, 11) is 1.66. The quantitative estimate of drug-likeness (QED) is 0.303. The number of pyridine rings is 1. The molecular weight excluding hydrogens is 525 g/mol. The number of aromatic nitrogens is 5. The number of hydrogen-bond donors (Lipinski definition) is 2. The van der Waals surface area contributed by atoms with Gasteiger partial charge in [0.15, 0.2) is 5.65 Å². The van der Waals surface area contributed by atoms with E-state index in [4.69, 9.17) is 5.73 Å². The third-order valence-corrected chi connectivity index (χ3v) is 7.40. The van der Waals surface area contributed by atoms with E-state index in [1.54, 1.807) is 37.4 Å². The number of halogens is 1. The number of nitrogens with two attached hydrogens (primary N) is 1. The van der Waals surface area contributed by atoms with Crippen LogP contribution in [0.15, 0.2) is 76.4 Å². The molecule has 0 unspecified atom stereocenters. The van der Waals surface area contributed by atoms with Gasteiger partial charge < -0.3 is 15.6 Å². The van der Waals surface area contributed by atoms with Crippen molar-refractivity contribution < 1.29 is 9.18 Å². The van der Waals surface area contributed by atoms with Gasteiger partial charge in [-0.05, 0) is 54.7 Å². The van der Waals surface area contributed by atoms with Gasteiger partial charge in [-0.25, -0.2) is 19.2 Å². The zero-order valence-corrected chi connectivity index (χ0v) is 22.4. The lowest BCUT2D eigenvalue weighted by molar-refractivity contribution is 0.0993. The number of nitrogen functional groups attached to an aromatic ring is 1. The molecule has 3 N–H and O–H groups in total. The molecule has 3 aromatic heterocycles. The van der Waals surface area contributed by atoms with Crippen molar-refractivity contribution in [2.75, 3.05) is 17.7 Å². The number of anilines is 2. The predicted molar refractivity (Wildman–Crippen MR) is 153 cm³/mol. The summed E-state index contributed by atoms with van der Waals surface area (Å²) in [5.41, 5.74) is 7.49. The van der Waals surface area contributed by atoms with Crippen LogP contribution in [-0.4, -0.2) is 37.0 Å². The van der Waals surface area contributed by atoms with Gasteiger partial charge in [-0.2, -0.15) is 0 Å². The summed E-state index contributed by atoms with van der Waals surface area (Å²) in [6, 6.07) is 16.8. The Morgan fingerprint density at radius 1 is 1.07 bits per heavy atom. The minimum absolute atomic E-state index is 0.166. The first-order chi connectivity index (χ1) is 19.8. The van der Waals surface area contributed by atoms with Crippen LogP contribution in [0, 0.1) is 11.7 Å². The van der Waals surface area contributed by atoms with E-state index in [1.165, 1.54) is 21.7 Å². The highest BCUT2D eigenvalue weighted by molar-refractivity contribution is 6.08. The molecule has 3 heterocycles. The van der Waals surface area contributed by atoms with E-state index in [0.717, 1.165) is 23.0 Å². The molecule has 1 fully saturated rings. The van der Waals surface area contributed by atoms with Crippen LogP contribution in [0.1, 0.15) is 40.2 Å². The molecule has 5 aromatic rings. The molecule has 1 amide bonds. The van der Waals surface area contributed by atoms with Gasteiger partial charge in [-0.15, -0.1) is 0 Å². The Balaban J connectivity index is 1.30. The number of H-pyrrole nitrogens is 1. The molecule has 0 atom stereocenters. The second kappa shape index (κ2) is 10.5. The zero-order chi connectivity index (χ0) is 28.7. The molecule has 0 saturated heterocycles. The lowest BCUT2D eigenvalue weighted by atomic mass is 10.1. The molecule has 0 spiro atoms. The maximum atomic E-state index is 14.4. The van der Waals surface area contributed by atoms with Crippen molar-refractivity contribution in [1.82, 2.24) is 24.1 Å². The third-order valence-electron chi connectivity index (χ3n) is 7.40. The second-order valence-electron chi connectivity index (χ2n) is 10.3. The standard InChI is InChI=1S/C30H28FN7O3/c1-36(28(39)22-6-4-14-33-26(22)32)21-12-10-18(11-13-21)15-24-34-25-27(35-24)37(16-19-8-9-19)30(41)38(29(25)40)17-20-5-2-3-7-23(20)31/h2-7,10-14,19H,8-9,15-17H2,1H3,(H2,32,33)(H,34,35). The molecule has 208 valence electrons. The molecule has 0 radical (unpaired) electrons. The van der Waals surface area contributed by atoms with E-state index in [1.807, 2.05) is 24.3 Å². The number of rotatable bonds is 8. The molecule has 0 bridgehead atoms. The highest BCUT2D eigenvalue weighted by Gasteiger charge is 2.26. The molecule has 6 rings (SSSR count). The highest BCUT2D eigenvalue weighted by Crippen LogP contribution is 2.30.